The highest BCUT2D eigenvalue weighted by atomic mass is 16.8. The first-order valence-corrected chi connectivity index (χ1v) is 28.7. The molecule has 0 aliphatic carbocycles. The van der Waals surface area contributed by atoms with Gasteiger partial charge in [-0.05, 0) is 44.9 Å². The van der Waals surface area contributed by atoms with Crippen molar-refractivity contribution in [3.05, 3.63) is 36.5 Å². The zero-order valence-electron chi connectivity index (χ0n) is 45.3. The molecule has 17 unspecified atom stereocenters. The van der Waals surface area contributed by atoms with Gasteiger partial charge in [0.1, 0.15) is 73.2 Å². The van der Waals surface area contributed by atoms with E-state index in [2.05, 4.69) is 43.5 Å². The fourth-order valence-electron chi connectivity index (χ4n) is 9.63. The standard InChI is InChI=1S/C56H101NO18/c1-3-5-7-9-11-13-15-17-18-19-20-21-22-23-25-27-29-31-33-40(61)39(57-44(62)34-32-30-28-26-24-16-14-12-10-8-6-4-2)38-70-54-50(68)47(65)52(42(36-59)72-54)75-56-51(69)48(66)53(43(37-60)73-56)74-55-49(67)46(64)45(63)41(35-58)71-55/h19-20,23,25,31,33,39-43,45-56,58-61,63-69H,3-18,21-22,24,26-30,32,34-38H2,1-2H3,(H,57,62)/b20-19+,25-23+,33-31+. The van der Waals surface area contributed by atoms with E-state index in [0.29, 0.717) is 12.8 Å². The first-order valence-electron chi connectivity index (χ1n) is 28.7. The van der Waals surface area contributed by atoms with Crippen LogP contribution < -0.4 is 5.32 Å². The number of hydrogen-bond donors (Lipinski definition) is 12. The molecule has 3 fully saturated rings. The minimum Gasteiger partial charge on any atom is -0.394 e. The van der Waals surface area contributed by atoms with Gasteiger partial charge in [-0.2, -0.15) is 0 Å². The van der Waals surface area contributed by atoms with Crippen LogP contribution in [0.25, 0.3) is 0 Å². The number of carbonyl (C=O) groups is 1. The van der Waals surface area contributed by atoms with Gasteiger partial charge in [0.15, 0.2) is 18.9 Å². The minimum atomic E-state index is -1.98. The Morgan fingerprint density at radius 2 is 0.853 bits per heavy atom. The van der Waals surface area contributed by atoms with E-state index in [1.165, 1.54) is 103 Å². The number of unbranched alkanes of at least 4 members (excludes halogenated alkanes) is 21. The maximum atomic E-state index is 13.3. The van der Waals surface area contributed by atoms with Crippen molar-refractivity contribution in [2.24, 2.45) is 0 Å². The molecule has 3 aliphatic rings. The molecule has 12 N–H and O–H groups in total. The van der Waals surface area contributed by atoms with Crippen LogP contribution in [0, 0.1) is 0 Å². The van der Waals surface area contributed by atoms with E-state index >= 15 is 0 Å². The number of hydrogen-bond acceptors (Lipinski definition) is 18. The Bertz CT molecular complexity index is 1520. The summed E-state index contributed by atoms with van der Waals surface area (Å²) in [5, 5.41) is 120. The minimum absolute atomic E-state index is 0.234. The van der Waals surface area contributed by atoms with Crippen LogP contribution in [0.1, 0.15) is 181 Å². The van der Waals surface area contributed by atoms with Crippen molar-refractivity contribution in [1.29, 1.82) is 0 Å². The summed E-state index contributed by atoms with van der Waals surface area (Å²) in [5.41, 5.74) is 0. The molecular formula is C56H101NO18. The molecule has 17 atom stereocenters. The van der Waals surface area contributed by atoms with Crippen LogP contribution in [0.5, 0.6) is 0 Å². The van der Waals surface area contributed by atoms with Gasteiger partial charge < -0.3 is 89.9 Å². The summed E-state index contributed by atoms with van der Waals surface area (Å²) in [6.45, 7) is 1.66. The van der Waals surface area contributed by atoms with Gasteiger partial charge in [-0.25, -0.2) is 0 Å². The zero-order valence-corrected chi connectivity index (χ0v) is 45.3. The second-order valence-corrected chi connectivity index (χ2v) is 20.7. The van der Waals surface area contributed by atoms with Crippen molar-refractivity contribution in [2.45, 2.75) is 285 Å². The highest BCUT2D eigenvalue weighted by molar-refractivity contribution is 5.76. The van der Waals surface area contributed by atoms with Crippen LogP contribution in [0.2, 0.25) is 0 Å². The predicted molar refractivity (Wildman–Crippen MR) is 282 cm³/mol. The maximum Gasteiger partial charge on any atom is 0.220 e. The van der Waals surface area contributed by atoms with Gasteiger partial charge in [-0.3, -0.25) is 4.79 Å². The number of amides is 1. The van der Waals surface area contributed by atoms with Gasteiger partial charge >= 0.3 is 0 Å². The van der Waals surface area contributed by atoms with Crippen LogP contribution in [0.15, 0.2) is 36.5 Å². The highest BCUT2D eigenvalue weighted by Crippen LogP contribution is 2.33. The monoisotopic (exact) mass is 1080 g/mol. The molecule has 3 aliphatic heterocycles. The first kappa shape index (κ1) is 67.3. The lowest BCUT2D eigenvalue weighted by Gasteiger charge is -2.48. The van der Waals surface area contributed by atoms with Crippen molar-refractivity contribution >= 4 is 5.91 Å². The average Bonchev–Trinajstić information content (AvgIpc) is 3.41. The van der Waals surface area contributed by atoms with Crippen LogP contribution in [-0.4, -0.2) is 193 Å². The number of carbonyl (C=O) groups excluding carboxylic acids is 1. The van der Waals surface area contributed by atoms with Crippen LogP contribution in [-0.2, 0) is 33.2 Å². The molecule has 3 saturated heterocycles. The first-order chi connectivity index (χ1) is 36.3. The summed E-state index contributed by atoms with van der Waals surface area (Å²) in [6.07, 6.45) is 14.2. The number of ether oxygens (including phenoxy) is 6. The van der Waals surface area contributed by atoms with Crippen molar-refractivity contribution in [3.8, 4) is 0 Å². The molecule has 0 aromatic carbocycles. The molecule has 0 aromatic heterocycles. The topological polar surface area (TPSA) is 307 Å². The number of allylic oxidation sites excluding steroid dienone is 5. The summed E-state index contributed by atoms with van der Waals surface area (Å²) in [6, 6.07) is -0.991. The summed E-state index contributed by atoms with van der Waals surface area (Å²) in [4.78, 5) is 13.3. The quantitative estimate of drug-likeness (QED) is 0.0302. The Balaban J connectivity index is 1.54. The summed E-state index contributed by atoms with van der Waals surface area (Å²) in [5.74, 6) is -0.292. The lowest BCUT2D eigenvalue weighted by molar-refractivity contribution is -0.379. The van der Waals surface area contributed by atoms with Gasteiger partial charge in [0.25, 0.3) is 0 Å². The van der Waals surface area contributed by atoms with E-state index in [-0.39, 0.29) is 18.9 Å². The van der Waals surface area contributed by atoms with Crippen molar-refractivity contribution in [1.82, 2.24) is 5.32 Å². The lowest BCUT2D eigenvalue weighted by atomic mass is 9.96. The second kappa shape index (κ2) is 40.2. The second-order valence-electron chi connectivity index (χ2n) is 20.7. The average molecular weight is 1080 g/mol. The number of nitrogens with one attached hydrogen (secondary N) is 1. The highest BCUT2D eigenvalue weighted by Gasteiger charge is 2.53. The molecular weight excluding hydrogens is 975 g/mol. The van der Waals surface area contributed by atoms with E-state index in [9.17, 15) is 61.0 Å². The third-order valence-corrected chi connectivity index (χ3v) is 14.4. The van der Waals surface area contributed by atoms with Crippen LogP contribution in [0.3, 0.4) is 0 Å². The van der Waals surface area contributed by atoms with E-state index in [1.807, 2.05) is 6.08 Å². The van der Waals surface area contributed by atoms with Gasteiger partial charge in [0.05, 0.1) is 38.6 Å². The van der Waals surface area contributed by atoms with E-state index in [0.717, 1.165) is 44.9 Å². The molecule has 3 rings (SSSR count). The fraction of sp³-hybridized carbons (Fsp3) is 0.875. The largest absolute Gasteiger partial charge is 0.394 e. The van der Waals surface area contributed by atoms with Gasteiger partial charge in [-0.1, -0.05) is 166 Å². The Kier molecular flexibility index (Phi) is 36.1. The van der Waals surface area contributed by atoms with Gasteiger partial charge in [-0.15, -0.1) is 0 Å². The fourth-order valence-corrected chi connectivity index (χ4v) is 9.63. The zero-order chi connectivity index (χ0) is 54.8. The molecule has 3 heterocycles. The SMILES string of the molecule is CCCCCCCCCC/C=C/CC/C=C/CC/C=C/C(O)C(COC1OC(CO)C(OC2OC(CO)C(OC3OC(CO)C(O)C(O)C3O)C(O)C2O)C(O)C1O)NC(=O)CCCCCCCCCCCCCC. The summed E-state index contributed by atoms with van der Waals surface area (Å²) >= 11 is 0. The molecule has 1 amide bonds. The molecule has 0 spiro atoms. The Morgan fingerprint density at radius 3 is 1.33 bits per heavy atom. The molecule has 0 bridgehead atoms. The molecule has 19 heteroatoms. The smallest absolute Gasteiger partial charge is 0.220 e. The third kappa shape index (κ3) is 24.9. The molecule has 0 saturated carbocycles. The summed E-state index contributed by atoms with van der Waals surface area (Å²) < 4.78 is 34.2. The van der Waals surface area contributed by atoms with Gasteiger partial charge in [0.2, 0.25) is 5.91 Å². The van der Waals surface area contributed by atoms with Gasteiger partial charge in [0, 0.05) is 6.42 Å². The molecule has 19 nitrogen and oxygen atoms in total. The van der Waals surface area contributed by atoms with Crippen LogP contribution in [0.4, 0.5) is 0 Å². The molecule has 438 valence electrons. The van der Waals surface area contributed by atoms with E-state index in [1.54, 1.807) is 6.08 Å². The normalized spacial score (nSPS) is 31.5. The van der Waals surface area contributed by atoms with E-state index < -0.39 is 124 Å². The lowest BCUT2D eigenvalue weighted by Crippen LogP contribution is -2.66. The predicted octanol–water partition coefficient (Wildman–Crippen LogP) is 4.15. The van der Waals surface area contributed by atoms with Crippen molar-refractivity contribution < 1.29 is 89.4 Å². The van der Waals surface area contributed by atoms with Crippen molar-refractivity contribution in [2.75, 3.05) is 26.4 Å². The maximum absolute atomic E-state index is 13.3. The molecule has 75 heavy (non-hydrogen) atoms. The Hall–Kier alpha value is -1.99. The number of aliphatic hydroxyl groups excluding tert-OH is 11. The summed E-state index contributed by atoms with van der Waals surface area (Å²) in [7, 11) is 0. The molecule has 0 radical (unpaired) electrons. The van der Waals surface area contributed by atoms with Crippen molar-refractivity contribution in [3.63, 3.8) is 0 Å². The number of rotatable bonds is 41. The Morgan fingerprint density at radius 1 is 0.467 bits per heavy atom. The van der Waals surface area contributed by atoms with Crippen LogP contribution >= 0.6 is 0 Å². The Labute approximate surface area is 447 Å². The van der Waals surface area contributed by atoms with E-state index in [4.69, 9.17) is 28.4 Å². The third-order valence-electron chi connectivity index (χ3n) is 14.4. The number of aliphatic hydroxyl groups is 11. The molecule has 0 aromatic rings.